The Labute approximate surface area is 144 Å². The summed E-state index contributed by atoms with van der Waals surface area (Å²) in [4.78, 5) is 18.5. The minimum absolute atomic E-state index is 0.258. The van der Waals surface area contributed by atoms with Crippen LogP contribution in [0.3, 0.4) is 0 Å². The zero-order valence-electron chi connectivity index (χ0n) is 13.8. The largest absolute Gasteiger partial charge is 0.459 e. The molecule has 3 aromatic rings. The highest BCUT2D eigenvalue weighted by Crippen LogP contribution is 2.38. The molecule has 2 N–H and O–H groups in total. The van der Waals surface area contributed by atoms with Crippen molar-refractivity contribution >= 4 is 11.6 Å². The van der Waals surface area contributed by atoms with E-state index in [9.17, 15) is 4.79 Å². The van der Waals surface area contributed by atoms with Gasteiger partial charge in [-0.25, -0.2) is 0 Å². The molecule has 2 heterocycles. The van der Waals surface area contributed by atoms with Crippen molar-refractivity contribution < 1.29 is 13.7 Å². The van der Waals surface area contributed by atoms with Gasteiger partial charge in [0.15, 0.2) is 11.6 Å². The van der Waals surface area contributed by atoms with E-state index < -0.39 is 5.54 Å². The summed E-state index contributed by atoms with van der Waals surface area (Å²) in [6.45, 7) is 0. The number of hydrogen-bond donors (Lipinski definition) is 1. The molecule has 0 atom stereocenters. The summed E-state index contributed by atoms with van der Waals surface area (Å²) < 4.78 is 10.6. The summed E-state index contributed by atoms with van der Waals surface area (Å²) in [7, 11) is 1.68. The third-order valence-electron chi connectivity index (χ3n) is 4.65. The van der Waals surface area contributed by atoms with Gasteiger partial charge >= 0.3 is 0 Å². The molecule has 7 nitrogen and oxygen atoms in total. The number of benzene rings is 1. The molecule has 128 valence electrons. The Balaban J connectivity index is 1.69. The monoisotopic (exact) mass is 338 g/mol. The predicted octanol–water partition coefficient (Wildman–Crippen LogP) is 2.94. The first kappa shape index (κ1) is 15.6. The van der Waals surface area contributed by atoms with E-state index in [1.807, 2.05) is 24.3 Å². The number of rotatable bonds is 4. The van der Waals surface area contributed by atoms with Gasteiger partial charge in [0, 0.05) is 7.05 Å². The molecular formula is C18H18N4O3. The number of carbonyl (C=O) groups is 1. The molecule has 1 amide bonds. The van der Waals surface area contributed by atoms with E-state index in [2.05, 4.69) is 10.1 Å². The van der Waals surface area contributed by atoms with Crippen LogP contribution in [0.5, 0.6) is 0 Å². The van der Waals surface area contributed by atoms with Crippen LogP contribution in [0.25, 0.3) is 11.5 Å². The lowest BCUT2D eigenvalue weighted by Gasteiger charge is -2.34. The first-order chi connectivity index (χ1) is 12.1. The Kier molecular flexibility index (Phi) is 3.65. The van der Waals surface area contributed by atoms with Crippen LogP contribution in [0, 0.1) is 0 Å². The second-order valence-corrected chi connectivity index (χ2v) is 6.29. The molecule has 0 saturated heterocycles. The second kappa shape index (κ2) is 5.86. The number of amides is 1. The van der Waals surface area contributed by atoms with Crippen LogP contribution >= 0.6 is 0 Å². The first-order valence-electron chi connectivity index (χ1n) is 8.12. The van der Waals surface area contributed by atoms with Gasteiger partial charge < -0.3 is 19.6 Å². The summed E-state index contributed by atoms with van der Waals surface area (Å²) in [6, 6.07) is 10.7. The maximum atomic E-state index is 12.6. The van der Waals surface area contributed by atoms with Crippen molar-refractivity contribution in [2.75, 3.05) is 11.9 Å². The van der Waals surface area contributed by atoms with E-state index in [0.29, 0.717) is 23.0 Å². The number of anilines is 1. The number of aromatic nitrogens is 2. The highest BCUT2D eigenvalue weighted by atomic mass is 16.5. The molecule has 4 rings (SSSR count). The fraction of sp³-hybridized carbons (Fsp3) is 0.278. The highest BCUT2D eigenvalue weighted by Gasteiger charge is 2.39. The van der Waals surface area contributed by atoms with Crippen LogP contribution in [-0.2, 0) is 5.54 Å². The molecule has 25 heavy (non-hydrogen) atoms. The molecule has 1 saturated carbocycles. The van der Waals surface area contributed by atoms with Crippen LogP contribution in [0.15, 0.2) is 51.6 Å². The number of carbonyl (C=O) groups excluding carboxylic acids is 1. The van der Waals surface area contributed by atoms with Gasteiger partial charge in [0.25, 0.3) is 11.8 Å². The Morgan fingerprint density at radius 2 is 2.04 bits per heavy atom. The Bertz CT molecular complexity index is 897. The van der Waals surface area contributed by atoms with Crippen molar-refractivity contribution in [2.24, 2.45) is 5.73 Å². The van der Waals surface area contributed by atoms with Crippen LogP contribution in [-0.4, -0.2) is 23.1 Å². The first-order valence-corrected chi connectivity index (χ1v) is 8.12. The molecule has 1 aliphatic rings. The molecular weight excluding hydrogens is 320 g/mol. The summed E-state index contributed by atoms with van der Waals surface area (Å²) in [5.74, 6) is 0.871. The topological polar surface area (TPSA) is 98.4 Å². The van der Waals surface area contributed by atoms with Crippen molar-refractivity contribution in [1.29, 1.82) is 0 Å². The van der Waals surface area contributed by atoms with Gasteiger partial charge in [-0.1, -0.05) is 17.3 Å². The van der Waals surface area contributed by atoms with Crippen molar-refractivity contribution in [1.82, 2.24) is 10.1 Å². The molecule has 0 radical (unpaired) electrons. The highest BCUT2D eigenvalue weighted by molar-refractivity contribution is 6.05. The smallest absolute Gasteiger partial charge is 0.293 e. The second-order valence-electron chi connectivity index (χ2n) is 6.29. The fourth-order valence-corrected chi connectivity index (χ4v) is 2.94. The quantitative estimate of drug-likeness (QED) is 0.785. The van der Waals surface area contributed by atoms with Crippen LogP contribution in [0.2, 0.25) is 0 Å². The van der Waals surface area contributed by atoms with Crippen molar-refractivity contribution in [3.8, 4) is 11.5 Å². The van der Waals surface area contributed by atoms with Gasteiger partial charge in [-0.2, -0.15) is 4.98 Å². The Hall–Kier alpha value is -2.93. The molecule has 1 aromatic carbocycles. The summed E-state index contributed by atoms with van der Waals surface area (Å²) in [5.41, 5.74) is 7.09. The SMILES string of the molecule is CN(C(=O)c1ccco1)c1ccccc1-c1nc(C2(N)CCC2)no1. The maximum Gasteiger partial charge on any atom is 0.293 e. The number of nitrogens with two attached hydrogens (primary N) is 1. The normalized spacial score (nSPS) is 15.6. The van der Waals surface area contributed by atoms with Crippen molar-refractivity contribution in [2.45, 2.75) is 24.8 Å². The molecule has 1 aliphatic carbocycles. The average molecular weight is 338 g/mol. The molecule has 0 spiro atoms. The van der Waals surface area contributed by atoms with Gasteiger partial charge in [-0.15, -0.1) is 0 Å². The van der Waals surface area contributed by atoms with E-state index in [1.165, 1.54) is 11.2 Å². The molecule has 0 bridgehead atoms. The van der Waals surface area contributed by atoms with E-state index in [-0.39, 0.29) is 11.7 Å². The zero-order chi connectivity index (χ0) is 17.4. The molecule has 1 fully saturated rings. The number of nitrogens with zero attached hydrogens (tertiary/aromatic N) is 3. The van der Waals surface area contributed by atoms with Gasteiger partial charge in [-0.3, -0.25) is 4.79 Å². The molecule has 0 aliphatic heterocycles. The summed E-state index contributed by atoms with van der Waals surface area (Å²) >= 11 is 0. The van der Waals surface area contributed by atoms with Gasteiger partial charge in [0.1, 0.15) is 0 Å². The van der Waals surface area contributed by atoms with Gasteiger partial charge in [0.2, 0.25) is 0 Å². The van der Waals surface area contributed by atoms with E-state index in [0.717, 1.165) is 19.3 Å². The summed E-state index contributed by atoms with van der Waals surface area (Å²) in [6.07, 6.45) is 4.24. The Morgan fingerprint density at radius 3 is 2.72 bits per heavy atom. The average Bonchev–Trinajstić information content (AvgIpc) is 3.30. The third-order valence-corrected chi connectivity index (χ3v) is 4.65. The molecule has 2 aromatic heterocycles. The number of hydrogen-bond acceptors (Lipinski definition) is 6. The van der Waals surface area contributed by atoms with E-state index in [1.54, 1.807) is 19.2 Å². The van der Waals surface area contributed by atoms with Crippen LogP contribution < -0.4 is 10.6 Å². The van der Waals surface area contributed by atoms with Crippen LogP contribution in [0.1, 0.15) is 35.6 Å². The minimum Gasteiger partial charge on any atom is -0.459 e. The maximum absolute atomic E-state index is 12.6. The van der Waals surface area contributed by atoms with E-state index in [4.69, 9.17) is 14.7 Å². The standard InChI is InChI=1S/C18H18N4O3/c1-22(16(23)14-8-4-11-24-14)13-7-3-2-6-12(13)15-20-17(21-25-15)18(19)9-5-10-18/h2-4,6-8,11H,5,9-10,19H2,1H3. The lowest BCUT2D eigenvalue weighted by molar-refractivity contribution is 0.0966. The van der Waals surface area contributed by atoms with E-state index >= 15 is 0 Å². The van der Waals surface area contributed by atoms with Crippen LogP contribution in [0.4, 0.5) is 5.69 Å². The fourth-order valence-electron chi connectivity index (χ4n) is 2.94. The number of furan rings is 1. The van der Waals surface area contributed by atoms with Gasteiger partial charge in [-0.05, 0) is 43.5 Å². The zero-order valence-corrected chi connectivity index (χ0v) is 13.8. The number of para-hydroxylation sites is 1. The third kappa shape index (κ3) is 2.62. The predicted molar refractivity (Wildman–Crippen MR) is 90.9 cm³/mol. The Morgan fingerprint density at radius 1 is 1.24 bits per heavy atom. The van der Waals surface area contributed by atoms with Crippen molar-refractivity contribution in [3.63, 3.8) is 0 Å². The summed E-state index contributed by atoms with van der Waals surface area (Å²) in [5, 5.41) is 4.05. The lowest BCUT2D eigenvalue weighted by atomic mass is 9.77. The minimum atomic E-state index is -0.493. The molecule has 0 unspecified atom stereocenters. The van der Waals surface area contributed by atoms with Gasteiger partial charge in [0.05, 0.1) is 23.1 Å². The van der Waals surface area contributed by atoms with Crippen molar-refractivity contribution in [3.05, 3.63) is 54.2 Å². The molecule has 7 heteroatoms. The lowest BCUT2D eigenvalue weighted by Crippen LogP contribution is -2.44.